The number of esters is 1. The molecule has 0 aromatic heterocycles. The first-order valence-electron chi connectivity index (χ1n) is 7.34. The second-order valence-electron chi connectivity index (χ2n) is 5.54. The Morgan fingerprint density at radius 2 is 1.90 bits per heavy atom. The molecule has 4 nitrogen and oxygen atoms in total. The van der Waals surface area contributed by atoms with E-state index in [9.17, 15) is 4.79 Å². The highest BCUT2D eigenvalue weighted by atomic mass is 16.5. The Bertz CT molecular complexity index is 450. The highest BCUT2D eigenvalue weighted by molar-refractivity contribution is 5.86. The maximum absolute atomic E-state index is 12.3. The summed E-state index contributed by atoms with van der Waals surface area (Å²) in [5, 5.41) is 0. The largest absolute Gasteiger partial charge is 0.464 e. The summed E-state index contributed by atoms with van der Waals surface area (Å²) in [6, 6.07) is 9.99. The van der Waals surface area contributed by atoms with Crippen molar-refractivity contribution >= 4 is 5.97 Å². The molecule has 2 aliphatic rings. The van der Waals surface area contributed by atoms with Crippen LogP contribution in [0.15, 0.2) is 30.3 Å². The van der Waals surface area contributed by atoms with Crippen molar-refractivity contribution in [1.82, 2.24) is 4.90 Å². The summed E-state index contributed by atoms with van der Waals surface area (Å²) in [5.41, 5.74) is 0.739. The molecule has 1 aromatic carbocycles. The maximum Gasteiger partial charge on any atom is 0.316 e. The zero-order valence-electron chi connectivity index (χ0n) is 11.7. The second-order valence-corrected chi connectivity index (χ2v) is 5.54. The van der Waals surface area contributed by atoms with Gasteiger partial charge in [0.1, 0.15) is 6.61 Å². The molecule has 3 rings (SSSR count). The predicted octanol–water partition coefficient (Wildman–Crippen LogP) is 1.59. The Balaban J connectivity index is 1.49. The molecule has 1 saturated heterocycles. The molecule has 1 aliphatic heterocycles. The summed E-state index contributed by atoms with van der Waals surface area (Å²) in [5.74, 6) is -0.0584. The number of carbonyl (C=O) groups excluding carboxylic acids is 1. The lowest BCUT2D eigenvalue weighted by atomic mass is 9.96. The first-order valence-corrected chi connectivity index (χ1v) is 7.34. The number of nitrogens with zero attached hydrogens (tertiary/aromatic N) is 1. The van der Waals surface area contributed by atoms with Crippen LogP contribution in [0.1, 0.15) is 18.4 Å². The van der Waals surface area contributed by atoms with E-state index in [1.807, 2.05) is 30.3 Å². The third-order valence-electron chi connectivity index (χ3n) is 4.21. The molecule has 0 amide bonds. The van der Waals surface area contributed by atoms with Crippen molar-refractivity contribution in [2.45, 2.75) is 18.3 Å². The van der Waals surface area contributed by atoms with Gasteiger partial charge in [-0.05, 0) is 18.4 Å². The van der Waals surface area contributed by atoms with E-state index in [0.717, 1.165) is 51.3 Å². The summed E-state index contributed by atoms with van der Waals surface area (Å²) in [6.07, 6.45) is 1.82. The number of ether oxygens (including phenoxy) is 2. The van der Waals surface area contributed by atoms with Crippen molar-refractivity contribution in [3.8, 4) is 0 Å². The van der Waals surface area contributed by atoms with E-state index in [2.05, 4.69) is 4.90 Å². The van der Waals surface area contributed by atoms with Gasteiger partial charge < -0.3 is 9.47 Å². The summed E-state index contributed by atoms with van der Waals surface area (Å²) < 4.78 is 10.8. The maximum atomic E-state index is 12.3. The topological polar surface area (TPSA) is 38.8 Å². The molecule has 1 saturated carbocycles. The van der Waals surface area contributed by atoms with Crippen LogP contribution in [0.2, 0.25) is 0 Å². The fourth-order valence-electron chi connectivity index (χ4n) is 2.72. The Morgan fingerprint density at radius 3 is 2.55 bits per heavy atom. The molecule has 1 heterocycles. The van der Waals surface area contributed by atoms with Crippen LogP contribution in [0.4, 0.5) is 0 Å². The summed E-state index contributed by atoms with van der Waals surface area (Å²) >= 11 is 0. The Kier molecular flexibility index (Phi) is 4.03. The van der Waals surface area contributed by atoms with E-state index in [-0.39, 0.29) is 11.4 Å². The van der Waals surface area contributed by atoms with Crippen molar-refractivity contribution in [3.63, 3.8) is 0 Å². The van der Waals surface area contributed by atoms with Gasteiger partial charge in [-0.2, -0.15) is 0 Å². The Hall–Kier alpha value is -1.39. The van der Waals surface area contributed by atoms with Gasteiger partial charge in [0.15, 0.2) is 0 Å². The van der Waals surface area contributed by atoms with E-state index in [1.54, 1.807) is 0 Å². The van der Waals surface area contributed by atoms with Crippen LogP contribution in [-0.4, -0.2) is 50.3 Å². The van der Waals surface area contributed by atoms with Gasteiger partial charge in [0.05, 0.1) is 18.6 Å². The molecule has 0 spiro atoms. The number of carbonyl (C=O) groups is 1. The number of hydrogen-bond donors (Lipinski definition) is 0. The molecular formula is C16H21NO3. The van der Waals surface area contributed by atoms with Gasteiger partial charge in [0, 0.05) is 19.6 Å². The minimum absolute atomic E-state index is 0.0584. The van der Waals surface area contributed by atoms with Crippen molar-refractivity contribution in [2.75, 3.05) is 39.5 Å². The Labute approximate surface area is 119 Å². The predicted molar refractivity (Wildman–Crippen MR) is 75.6 cm³/mol. The zero-order valence-corrected chi connectivity index (χ0v) is 11.7. The minimum atomic E-state index is -0.355. The lowest BCUT2D eigenvalue weighted by Crippen LogP contribution is -2.39. The number of benzene rings is 1. The average molecular weight is 275 g/mol. The van der Waals surface area contributed by atoms with Gasteiger partial charge in [0.2, 0.25) is 0 Å². The molecule has 4 heteroatoms. The van der Waals surface area contributed by atoms with E-state index >= 15 is 0 Å². The van der Waals surface area contributed by atoms with E-state index in [1.165, 1.54) is 0 Å². The van der Waals surface area contributed by atoms with Gasteiger partial charge >= 0.3 is 5.97 Å². The van der Waals surface area contributed by atoms with Gasteiger partial charge in [-0.3, -0.25) is 9.69 Å². The van der Waals surface area contributed by atoms with E-state index in [0.29, 0.717) is 6.61 Å². The summed E-state index contributed by atoms with van der Waals surface area (Å²) in [7, 11) is 0. The molecule has 108 valence electrons. The van der Waals surface area contributed by atoms with Crippen LogP contribution in [0.3, 0.4) is 0 Å². The Morgan fingerprint density at radius 1 is 1.20 bits per heavy atom. The number of rotatable bonds is 5. The van der Waals surface area contributed by atoms with Gasteiger partial charge in [0.25, 0.3) is 0 Å². The van der Waals surface area contributed by atoms with Crippen LogP contribution in [0.25, 0.3) is 0 Å². The molecule has 0 atom stereocenters. The van der Waals surface area contributed by atoms with Crippen LogP contribution < -0.4 is 0 Å². The highest BCUT2D eigenvalue weighted by Gasteiger charge is 2.52. The normalized spacial score (nSPS) is 21.4. The second kappa shape index (κ2) is 5.94. The van der Waals surface area contributed by atoms with Crippen molar-refractivity contribution in [2.24, 2.45) is 0 Å². The molecule has 0 radical (unpaired) electrons. The van der Waals surface area contributed by atoms with E-state index < -0.39 is 0 Å². The fraction of sp³-hybridized carbons (Fsp3) is 0.562. The van der Waals surface area contributed by atoms with Gasteiger partial charge in [-0.25, -0.2) is 0 Å². The van der Waals surface area contributed by atoms with Crippen LogP contribution in [0.5, 0.6) is 0 Å². The molecule has 1 aliphatic carbocycles. The SMILES string of the molecule is O=C(OCCN1CCOCC1)C1(c2ccccc2)CC1. The van der Waals surface area contributed by atoms with Gasteiger partial charge in [-0.1, -0.05) is 30.3 Å². The third kappa shape index (κ3) is 2.86. The minimum Gasteiger partial charge on any atom is -0.464 e. The van der Waals surface area contributed by atoms with E-state index in [4.69, 9.17) is 9.47 Å². The summed E-state index contributed by atoms with van der Waals surface area (Å²) in [6.45, 7) is 4.71. The highest BCUT2D eigenvalue weighted by Crippen LogP contribution is 2.49. The molecule has 2 fully saturated rings. The molecule has 0 bridgehead atoms. The van der Waals surface area contributed by atoms with Crippen LogP contribution in [0, 0.1) is 0 Å². The molecule has 20 heavy (non-hydrogen) atoms. The first-order chi connectivity index (χ1) is 9.81. The fourth-order valence-corrected chi connectivity index (χ4v) is 2.72. The number of morpholine rings is 1. The quantitative estimate of drug-likeness (QED) is 0.765. The first kappa shape index (κ1) is 13.6. The van der Waals surface area contributed by atoms with Gasteiger partial charge in [-0.15, -0.1) is 0 Å². The zero-order chi connectivity index (χ0) is 13.8. The lowest BCUT2D eigenvalue weighted by Gasteiger charge is -2.26. The standard InChI is InChI=1S/C16H21NO3/c18-15(20-13-10-17-8-11-19-12-9-17)16(6-7-16)14-4-2-1-3-5-14/h1-5H,6-13H2. The lowest BCUT2D eigenvalue weighted by molar-refractivity contribution is -0.147. The van der Waals surface area contributed by atoms with Crippen molar-refractivity contribution in [3.05, 3.63) is 35.9 Å². The summed E-state index contributed by atoms with van der Waals surface area (Å²) in [4.78, 5) is 14.6. The molecule has 0 N–H and O–H groups in total. The van der Waals surface area contributed by atoms with Crippen molar-refractivity contribution in [1.29, 1.82) is 0 Å². The van der Waals surface area contributed by atoms with Crippen molar-refractivity contribution < 1.29 is 14.3 Å². The average Bonchev–Trinajstić information content (AvgIpc) is 3.31. The molecule has 0 unspecified atom stereocenters. The molecular weight excluding hydrogens is 254 g/mol. The molecule has 1 aromatic rings. The smallest absolute Gasteiger partial charge is 0.316 e. The van der Waals surface area contributed by atoms with Crippen LogP contribution in [-0.2, 0) is 19.7 Å². The number of hydrogen-bond acceptors (Lipinski definition) is 4. The monoisotopic (exact) mass is 275 g/mol. The third-order valence-corrected chi connectivity index (χ3v) is 4.21. The van der Waals surface area contributed by atoms with Crippen LogP contribution >= 0.6 is 0 Å².